The van der Waals surface area contributed by atoms with E-state index in [9.17, 15) is 4.79 Å². The summed E-state index contributed by atoms with van der Waals surface area (Å²) < 4.78 is 0. The van der Waals surface area contributed by atoms with Crippen molar-refractivity contribution in [3.8, 4) is 0 Å². The summed E-state index contributed by atoms with van der Waals surface area (Å²) in [6.07, 6.45) is 3.36. The molecule has 0 saturated carbocycles. The van der Waals surface area contributed by atoms with Crippen molar-refractivity contribution < 1.29 is 4.79 Å². The van der Waals surface area contributed by atoms with Crippen LogP contribution in [0.15, 0.2) is 11.5 Å². The molecule has 8 heavy (non-hydrogen) atoms. The van der Waals surface area contributed by atoms with E-state index in [-0.39, 0.29) is 0 Å². The normalized spacial score (nSPS) is 35.6. The van der Waals surface area contributed by atoms with Crippen LogP contribution in [0.5, 0.6) is 0 Å². The van der Waals surface area contributed by atoms with E-state index in [1.165, 1.54) is 11.8 Å². The number of carbonyl (C=O) groups excluding carboxylic acids is 1. The molecule has 0 aliphatic carbocycles. The Balaban J connectivity index is 2.58. The van der Waals surface area contributed by atoms with Crippen LogP contribution in [0.25, 0.3) is 0 Å². The fourth-order valence-corrected chi connectivity index (χ4v) is 1.22. The summed E-state index contributed by atoms with van der Waals surface area (Å²) in [5, 5.41) is 1.86. The summed E-state index contributed by atoms with van der Waals surface area (Å²) in [6, 6.07) is 0. The molecule has 1 aliphatic rings. The van der Waals surface area contributed by atoms with Gasteiger partial charge in [0.15, 0.2) is 6.29 Å². The fraction of sp³-hybridized carbons (Fsp3) is 0.400. The van der Waals surface area contributed by atoms with Gasteiger partial charge in [-0.05, 0) is 5.41 Å². The summed E-state index contributed by atoms with van der Waals surface area (Å²) in [5.41, 5.74) is 5.49. The van der Waals surface area contributed by atoms with Gasteiger partial charge in [0.1, 0.15) is 4.87 Å². The SMILES string of the molecule is NC1(C=O)CC=CS1. The van der Waals surface area contributed by atoms with Crippen LogP contribution < -0.4 is 5.73 Å². The fourth-order valence-electron chi connectivity index (χ4n) is 0.531. The van der Waals surface area contributed by atoms with Crippen LogP contribution in [-0.4, -0.2) is 11.2 Å². The highest BCUT2D eigenvalue weighted by Gasteiger charge is 2.25. The Morgan fingerprint density at radius 3 is 2.88 bits per heavy atom. The van der Waals surface area contributed by atoms with Crippen LogP contribution in [0.4, 0.5) is 0 Å². The molecular weight excluding hydrogens is 122 g/mol. The molecule has 0 amide bonds. The zero-order valence-electron chi connectivity index (χ0n) is 4.33. The third-order valence-electron chi connectivity index (χ3n) is 1.02. The van der Waals surface area contributed by atoms with Gasteiger partial charge in [0, 0.05) is 6.42 Å². The van der Waals surface area contributed by atoms with Gasteiger partial charge in [0.2, 0.25) is 0 Å². The Kier molecular flexibility index (Phi) is 1.40. The highest BCUT2D eigenvalue weighted by Crippen LogP contribution is 2.28. The highest BCUT2D eigenvalue weighted by molar-refractivity contribution is 8.04. The largest absolute Gasteiger partial charge is 0.310 e. The molecule has 0 radical (unpaired) electrons. The first-order chi connectivity index (χ1) is 3.77. The number of nitrogens with two attached hydrogens (primary N) is 1. The second kappa shape index (κ2) is 1.91. The van der Waals surface area contributed by atoms with Crippen LogP contribution in [0.3, 0.4) is 0 Å². The number of rotatable bonds is 1. The second-order valence-corrected chi connectivity index (χ2v) is 3.03. The van der Waals surface area contributed by atoms with Gasteiger partial charge in [-0.15, -0.1) is 11.8 Å². The van der Waals surface area contributed by atoms with Crippen molar-refractivity contribution in [2.24, 2.45) is 5.73 Å². The molecular formula is C5H7NOS. The van der Waals surface area contributed by atoms with Crippen molar-refractivity contribution >= 4 is 18.0 Å². The Morgan fingerprint density at radius 2 is 2.62 bits per heavy atom. The molecule has 0 aromatic rings. The van der Waals surface area contributed by atoms with Gasteiger partial charge in [0.05, 0.1) is 0 Å². The van der Waals surface area contributed by atoms with Crippen LogP contribution in [0.2, 0.25) is 0 Å². The van der Waals surface area contributed by atoms with Gasteiger partial charge in [-0.2, -0.15) is 0 Å². The molecule has 0 saturated heterocycles. The van der Waals surface area contributed by atoms with Crippen LogP contribution in [0.1, 0.15) is 6.42 Å². The molecule has 1 unspecified atom stereocenters. The van der Waals surface area contributed by atoms with E-state index in [0.29, 0.717) is 6.42 Å². The Labute approximate surface area is 52.1 Å². The van der Waals surface area contributed by atoms with E-state index in [2.05, 4.69) is 0 Å². The molecule has 3 heteroatoms. The average Bonchev–Trinajstić information content (AvgIpc) is 2.17. The van der Waals surface area contributed by atoms with Crippen molar-refractivity contribution in [3.63, 3.8) is 0 Å². The zero-order valence-corrected chi connectivity index (χ0v) is 5.15. The Morgan fingerprint density at radius 1 is 1.88 bits per heavy atom. The van der Waals surface area contributed by atoms with Gasteiger partial charge in [-0.3, -0.25) is 0 Å². The molecule has 0 aromatic carbocycles. The first-order valence-corrected chi connectivity index (χ1v) is 3.23. The predicted octanol–water partition coefficient (Wildman–Crippen LogP) is 0.491. The molecule has 1 rings (SSSR count). The summed E-state index contributed by atoms with van der Waals surface area (Å²) in [4.78, 5) is 9.50. The maximum Gasteiger partial charge on any atom is 0.150 e. The van der Waals surface area contributed by atoms with E-state index in [0.717, 1.165) is 6.29 Å². The number of thioether (sulfide) groups is 1. The molecule has 0 aromatic heterocycles. The van der Waals surface area contributed by atoms with Gasteiger partial charge in [0.25, 0.3) is 0 Å². The van der Waals surface area contributed by atoms with Gasteiger partial charge in [-0.25, -0.2) is 0 Å². The summed E-state index contributed by atoms with van der Waals surface area (Å²) >= 11 is 1.37. The molecule has 1 aliphatic heterocycles. The molecule has 0 spiro atoms. The zero-order chi connectivity index (χ0) is 6.04. The summed E-state index contributed by atoms with van der Waals surface area (Å²) in [6.45, 7) is 0. The van der Waals surface area contributed by atoms with Gasteiger partial charge in [-0.1, -0.05) is 6.08 Å². The summed E-state index contributed by atoms with van der Waals surface area (Å²) in [5.74, 6) is 0. The molecule has 1 heterocycles. The number of aldehydes is 1. The van der Waals surface area contributed by atoms with E-state index in [1.54, 1.807) is 0 Å². The molecule has 0 fully saturated rings. The third-order valence-corrected chi connectivity index (χ3v) is 2.05. The lowest BCUT2D eigenvalue weighted by atomic mass is 10.2. The topological polar surface area (TPSA) is 43.1 Å². The molecule has 2 N–H and O–H groups in total. The monoisotopic (exact) mass is 129 g/mol. The third kappa shape index (κ3) is 0.928. The summed E-state index contributed by atoms with van der Waals surface area (Å²) in [7, 11) is 0. The van der Waals surface area contributed by atoms with Crippen molar-refractivity contribution in [1.29, 1.82) is 0 Å². The lowest BCUT2D eigenvalue weighted by Crippen LogP contribution is -2.34. The minimum atomic E-state index is -0.639. The quantitative estimate of drug-likeness (QED) is 0.524. The van der Waals surface area contributed by atoms with Crippen LogP contribution in [0, 0.1) is 0 Å². The van der Waals surface area contributed by atoms with Crippen LogP contribution >= 0.6 is 11.8 Å². The minimum Gasteiger partial charge on any atom is -0.310 e. The number of carbonyl (C=O) groups is 1. The van der Waals surface area contributed by atoms with Gasteiger partial charge >= 0.3 is 0 Å². The van der Waals surface area contributed by atoms with Crippen molar-refractivity contribution in [3.05, 3.63) is 11.5 Å². The average molecular weight is 129 g/mol. The maximum absolute atomic E-state index is 10.1. The maximum atomic E-state index is 10.1. The molecule has 2 nitrogen and oxygen atoms in total. The number of hydrogen-bond donors (Lipinski definition) is 1. The van der Waals surface area contributed by atoms with E-state index < -0.39 is 4.87 Å². The molecule has 44 valence electrons. The second-order valence-electron chi connectivity index (χ2n) is 1.77. The standard InChI is InChI=1S/C5H7NOS/c6-5(4-7)2-1-3-8-5/h1,3-4H,2,6H2. The Hall–Kier alpha value is -0.280. The van der Waals surface area contributed by atoms with Crippen LogP contribution in [-0.2, 0) is 4.79 Å². The van der Waals surface area contributed by atoms with Crippen molar-refractivity contribution in [1.82, 2.24) is 0 Å². The Bertz CT molecular complexity index is 124. The smallest absolute Gasteiger partial charge is 0.150 e. The first-order valence-electron chi connectivity index (χ1n) is 2.35. The first kappa shape index (κ1) is 5.85. The van der Waals surface area contributed by atoms with Gasteiger partial charge < -0.3 is 10.5 Å². The lowest BCUT2D eigenvalue weighted by Gasteiger charge is -2.11. The van der Waals surface area contributed by atoms with E-state index in [4.69, 9.17) is 5.73 Å². The highest BCUT2D eigenvalue weighted by atomic mass is 32.2. The molecule has 1 atom stereocenters. The van der Waals surface area contributed by atoms with Crippen molar-refractivity contribution in [2.75, 3.05) is 0 Å². The predicted molar refractivity (Wildman–Crippen MR) is 34.3 cm³/mol. The van der Waals surface area contributed by atoms with E-state index >= 15 is 0 Å². The minimum absolute atomic E-state index is 0.639. The lowest BCUT2D eigenvalue weighted by molar-refractivity contribution is -0.109. The number of hydrogen-bond acceptors (Lipinski definition) is 3. The van der Waals surface area contributed by atoms with E-state index in [1.807, 2.05) is 11.5 Å². The molecule has 0 bridgehead atoms. The van der Waals surface area contributed by atoms with Crippen molar-refractivity contribution in [2.45, 2.75) is 11.3 Å².